The molecule has 5 nitrogen and oxygen atoms in total. The first kappa shape index (κ1) is 18.6. The van der Waals surface area contributed by atoms with Crippen molar-refractivity contribution in [3.05, 3.63) is 70.4 Å². The molecule has 144 valence electrons. The van der Waals surface area contributed by atoms with Gasteiger partial charge in [-0.05, 0) is 54.7 Å². The Bertz CT molecular complexity index is 918. The van der Waals surface area contributed by atoms with Gasteiger partial charge in [-0.25, -0.2) is 4.79 Å². The molecule has 28 heavy (non-hydrogen) atoms. The molecule has 2 saturated heterocycles. The van der Waals surface area contributed by atoms with Crippen LogP contribution in [0.3, 0.4) is 0 Å². The van der Waals surface area contributed by atoms with Gasteiger partial charge in [0.2, 0.25) is 0 Å². The third-order valence-electron chi connectivity index (χ3n) is 5.17. The number of hydrogen-bond acceptors (Lipinski definition) is 3. The Hall–Kier alpha value is -2.79. The van der Waals surface area contributed by atoms with Crippen LogP contribution in [0.5, 0.6) is 0 Å². The summed E-state index contributed by atoms with van der Waals surface area (Å²) in [6, 6.07) is 14.9. The minimum Gasteiger partial charge on any atom is -0.372 e. The van der Waals surface area contributed by atoms with Crippen LogP contribution in [0.15, 0.2) is 54.2 Å². The molecule has 0 atom stereocenters. The summed E-state index contributed by atoms with van der Waals surface area (Å²) in [5.41, 5.74) is 3.09. The number of halogens is 1. The van der Waals surface area contributed by atoms with Crippen LogP contribution in [0.25, 0.3) is 6.08 Å². The minimum absolute atomic E-state index is 0.148. The first-order valence-electron chi connectivity index (χ1n) is 9.55. The fourth-order valence-electron chi connectivity index (χ4n) is 3.61. The summed E-state index contributed by atoms with van der Waals surface area (Å²) in [5, 5.41) is 3.20. The maximum atomic E-state index is 12.7. The molecule has 2 fully saturated rings. The third-order valence-corrected chi connectivity index (χ3v) is 5.54. The van der Waals surface area contributed by atoms with Gasteiger partial charge in [-0.1, -0.05) is 41.9 Å². The molecule has 2 heterocycles. The zero-order valence-corrected chi connectivity index (χ0v) is 16.3. The van der Waals surface area contributed by atoms with E-state index >= 15 is 0 Å². The van der Waals surface area contributed by atoms with E-state index in [1.54, 1.807) is 12.1 Å². The van der Waals surface area contributed by atoms with E-state index in [1.165, 1.54) is 29.8 Å². The Balaban J connectivity index is 1.48. The normalized spacial score (nSPS) is 18.7. The van der Waals surface area contributed by atoms with Crippen LogP contribution in [-0.2, 0) is 11.3 Å². The standard InChI is InChI=1S/C22H22ClN3O2/c23-19-7-3-2-6-17(19)15-26-21(27)20(24-22(26)28)14-16-8-10-18(11-9-16)25-12-4-1-5-13-25/h2-3,6-11,14H,1,4-5,12-13,15H2,(H,24,28)/b20-14-. The number of urea groups is 1. The van der Waals surface area contributed by atoms with Gasteiger partial charge in [0, 0.05) is 23.8 Å². The highest BCUT2D eigenvalue weighted by molar-refractivity contribution is 6.31. The fourth-order valence-corrected chi connectivity index (χ4v) is 3.81. The van der Waals surface area contributed by atoms with Crippen molar-refractivity contribution in [2.75, 3.05) is 18.0 Å². The molecular weight excluding hydrogens is 374 g/mol. The number of nitrogens with one attached hydrogen (secondary N) is 1. The van der Waals surface area contributed by atoms with Gasteiger partial charge in [-0.3, -0.25) is 9.69 Å². The van der Waals surface area contributed by atoms with Crippen molar-refractivity contribution in [1.29, 1.82) is 0 Å². The Kier molecular flexibility index (Phi) is 5.35. The molecule has 0 saturated carbocycles. The van der Waals surface area contributed by atoms with Crippen molar-refractivity contribution in [2.24, 2.45) is 0 Å². The zero-order chi connectivity index (χ0) is 19.5. The number of imide groups is 1. The van der Waals surface area contributed by atoms with Gasteiger partial charge in [0.25, 0.3) is 5.91 Å². The molecule has 1 N–H and O–H groups in total. The smallest absolute Gasteiger partial charge is 0.329 e. The lowest BCUT2D eigenvalue weighted by Gasteiger charge is -2.28. The van der Waals surface area contributed by atoms with E-state index in [0.29, 0.717) is 5.02 Å². The molecule has 2 aromatic carbocycles. The monoisotopic (exact) mass is 395 g/mol. The minimum atomic E-state index is -0.430. The van der Waals surface area contributed by atoms with Crippen LogP contribution in [0.1, 0.15) is 30.4 Å². The maximum Gasteiger partial charge on any atom is 0.329 e. The molecular formula is C22H22ClN3O2. The van der Waals surface area contributed by atoms with E-state index in [4.69, 9.17) is 11.6 Å². The Labute approximate surface area is 169 Å². The molecule has 0 radical (unpaired) electrons. The number of piperidine rings is 1. The summed E-state index contributed by atoms with van der Waals surface area (Å²) in [6.45, 7) is 2.33. The Morgan fingerprint density at radius 1 is 0.964 bits per heavy atom. The predicted octanol–water partition coefficient (Wildman–Crippen LogP) is 4.42. The van der Waals surface area contributed by atoms with E-state index in [-0.39, 0.29) is 18.1 Å². The molecule has 6 heteroatoms. The highest BCUT2D eigenvalue weighted by Gasteiger charge is 2.33. The largest absolute Gasteiger partial charge is 0.372 e. The van der Waals surface area contributed by atoms with Crippen molar-refractivity contribution in [3.63, 3.8) is 0 Å². The molecule has 0 unspecified atom stereocenters. The van der Waals surface area contributed by atoms with Crippen LogP contribution in [0.4, 0.5) is 10.5 Å². The third kappa shape index (κ3) is 3.90. The fraction of sp³-hybridized carbons (Fsp3) is 0.273. The first-order chi connectivity index (χ1) is 13.6. The molecule has 0 bridgehead atoms. The van der Waals surface area contributed by atoms with Gasteiger partial charge in [-0.2, -0.15) is 0 Å². The number of benzene rings is 2. The van der Waals surface area contributed by atoms with Crippen molar-refractivity contribution in [3.8, 4) is 0 Å². The molecule has 0 spiro atoms. The Morgan fingerprint density at radius 3 is 2.39 bits per heavy atom. The van der Waals surface area contributed by atoms with Gasteiger partial charge in [0.1, 0.15) is 5.70 Å². The zero-order valence-electron chi connectivity index (χ0n) is 15.5. The molecule has 0 aromatic heterocycles. The van der Waals surface area contributed by atoms with E-state index in [9.17, 15) is 9.59 Å². The lowest BCUT2D eigenvalue weighted by atomic mass is 10.1. The first-order valence-corrected chi connectivity index (χ1v) is 9.92. The Morgan fingerprint density at radius 2 is 1.68 bits per heavy atom. The molecule has 2 aliphatic rings. The number of rotatable bonds is 4. The predicted molar refractivity (Wildman–Crippen MR) is 111 cm³/mol. The lowest BCUT2D eigenvalue weighted by molar-refractivity contribution is -0.123. The highest BCUT2D eigenvalue weighted by Crippen LogP contribution is 2.23. The van der Waals surface area contributed by atoms with E-state index < -0.39 is 6.03 Å². The molecule has 3 amide bonds. The van der Waals surface area contributed by atoms with Crippen LogP contribution >= 0.6 is 11.6 Å². The summed E-state index contributed by atoms with van der Waals surface area (Å²) >= 11 is 6.15. The summed E-state index contributed by atoms with van der Waals surface area (Å²) in [7, 11) is 0. The van der Waals surface area contributed by atoms with Gasteiger partial charge < -0.3 is 10.2 Å². The van der Waals surface area contributed by atoms with Gasteiger partial charge >= 0.3 is 6.03 Å². The maximum absolute atomic E-state index is 12.7. The van der Waals surface area contributed by atoms with Gasteiger partial charge in [-0.15, -0.1) is 0 Å². The second-order valence-electron chi connectivity index (χ2n) is 7.11. The quantitative estimate of drug-likeness (QED) is 0.615. The van der Waals surface area contributed by atoms with Gasteiger partial charge in [0.05, 0.1) is 6.54 Å². The number of hydrogen-bond donors (Lipinski definition) is 1. The number of amides is 3. The topological polar surface area (TPSA) is 52.7 Å². The van der Waals surface area contributed by atoms with E-state index in [1.807, 2.05) is 30.3 Å². The van der Waals surface area contributed by atoms with Crippen molar-refractivity contribution in [2.45, 2.75) is 25.8 Å². The van der Waals surface area contributed by atoms with Crippen LogP contribution in [-0.4, -0.2) is 29.9 Å². The van der Waals surface area contributed by atoms with Crippen LogP contribution < -0.4 is 10.2 Å². The number of carbonyl (C=O) groups excluding carboxylic acids is 2. The molecule has 0 aliphatic carbocycles. The van der Waals surface area contributed by atoms with Crippen LogP contribution in [0, 0.1) is 0 Å². The van der Waals surface area contributed by atoms with E-state index in [0.717, 1.165) is 24.2 Å². The SMILES string of the molecule is O=C1N/C(=C\c2ccc(N3CCCCC3)cc2)C(=O)N1Cc1ccccc1Cl. The number of anilines is 1. The lowest BCUT2D eigenvalue weighted by Crippen LogP contribution is -2.30. The molecule has 2 aliphatic heterocycles. The molecule has 2 aromatic rings. The highest BCUT2D eigenvalue weighted by atomic mass is 35.5. The summed E-state index contributed by atoms with van der Waals surface area (Å²) in [4.78, 5) is 28.5. The summed E-state index contributed by atoms with van der Waals surface area (Å²) in [5.74, 6) is -0.343. The number of carbonyl (C=O) groups is 2. The second-order valence-corrected chi connectivity index (χ2v) is 7.52. The van der Waals surface area contributed by atoms with Crippen LogP contribution in [0.2, 0.25) is 5.02 Å². The van der Waals surface area contributed by atoms with Crippen molar-refractivity contribution >= 4 is 35.3 Å². The van der Waals surface area contributed by atoms with E-state index in [2.05, 4.69) is 22.3 Å². The van der Waals surface area contributed by atoms with Gasteiger partial charge in [0.15, 0.2) is 0 Å². The summed E-state index contributed by atoms with van der Waals surface area (Å²) in [6.07, 6.45) is 5.47. The van der Waals surface area contributed by atoms with Crippen molar-refractivity contribution in [1.82, 2.24) is 10.2 Å². The summed E-state index contributed by atoms with van der Waals surface area (Å²) < 4.78 is 0. The average molecular weight is 396 g/mol. The van der Waals surface area contributed by atoms with Crippen molar-refractivity contribution < 1.29 is 9.59 Å². The second kappa shape index (κ2) is 8.07. The number of nitrogens with zero attached hydrogens (tertiary/aromatic N) is 2. The molecule has 4 rings (SSSR count). The average Bonchev–Trinajstić information content (AvgIpc) is 2.98.